The minimum Gasteiger partial charge on any atom is -0.459 e. The summed E-state index contributed by atoms with van der Waals surface area (Å²) in [5.41, 5.74) is 2.34. The van der Waals surface area contributed by atoms with Gasteiger partial charge in [0.05, 0.1) is 6.26 Å². The third kappa shape index (κ3) is 4.75. The van der Waals surface area contributed by atoms with E-state index in [1.807, 2.05) is 19.1 Å². The number of fused-ring (bicyclic) bond motifs is 2. The number of piperidine rings is 1. The van der Waals surface area contributed by atoms with Gasteiger partial charge in [0.25, 0.3) is 5.91 Å². The van der Waals surface area contributed by atoms with Gasteiger partial charge in [0.2, 0.25) is 5.91 Å². The number of benzene rings is 1. The SMILES string of the molecule is Cc1cc(NC(=O)CC2CC3CCC(C2)N3)ccc1NC(=O)c1ccco1.Cl. The number of carbonyl (C=O) groups excluding carboxylic acids is 2. The minimum atomic E-state index is -0.291. The highest BCUT2D eigenvalue weighted by Gasteiger charge is 2.34. The summed E-state index contributed by atoms with van der Waals surface area (Å²) in [6, 6.07) is 9.98. The maximum absolute atomic E-state index is 12.4. The Morgan fingerprint density at radius 2 is 1.89 bits per heavy atom. The Morgan fingerprint density at radius 1 is 1.14 bits per heavy atom. The molecule has 1 aromatic heterocycles. The lowest BCUT2D eigenvalue weighted by molar-refractivity contribution is -0.117. The summed E-state index contributed by atoms with van der Waals surface area (Å²) in [7, 11) is 0. The van der Waals surface area contributed by atoms with Crippen molar-refractivity contribution in [2.75, 3.05) is 10.6 Å². The fourth-order valence-electron chi connectivity index (χ4n) is 4.29. The molecule has 2 saturated heterocycles. The normalized spacial score (nSPS) is 23.0. The summed E-state index contributed by atoms with van der Waals surface area (Å²) in [5, 5.41) is 9.43. The lowest BCUT2D eigenvalue weighted by Crippen LogP contribution is -2.39. The molecule has 2 aromatic rings. The fourth-order valence-corrected chi connectivity index (χ4v) is 4.29. The molecule has 2 unspecified atom stereocenters. The van der Waals surface area contributed by atoms with E-state index in [-0.39, 0.29) is 30.0 Å². The Bertz CT molecular complexity index is 825. The standard InChI is InChI=1S/C21H25N3O3.ClH/c1-13-9-15(6-7-18(13)24-21(26)19-3-2-8-27-19)23-20(25)12-14-10-16-4-5-17(11-14)22-16;/h2-3,6-9,14,16-17,22H,4-5,10-12H2,1H3,(H,23,25)(H,24,26);1H. The monoisotopic (exact) mass is 403 g/mol. The minimum absolute atomic E-state index is 0. The van der Waals surface area contributed by atoms with Crippen LogP contribution in [-0.4, -0.2) is 23.9 Å². The molecule has 4 rings (SSSR count). The largest absolute Gasteiger partial charge is 0.459 e. The molecule has 2 atom stereocenters. The van der Waals surface area contributed by atoms with Crippen molar-refractivity contribution in [1.82, 2.24) is 5.32 Å². The maximum Gasteiger partial charge on any atom is 0.291 e. The number of hydrogen-bond acceptors (Lipinski definition) is 4. The first-order valence-electron chi connectivity index (χ1n) is 9.58. The van der Waals surface area contributed by atoms with Crippen LogP contribution in [0.5, 0.6) is 0 Å². The van der Waals surface area contributed by atoms with E-state index in [2.05, 4.69) is 16.0 Å². The summed E-state index contributed by atoms with van der Waals surface area (Å²) in [4.78, 5) is 24.5. The molecule has 2 aliphatic rings. The lowest BCUT2D eigenvalue weighted by Gasteiger charge is -2.28. The molecule has 7 heteroatoms. The van der Waals surface area contributed by atoms with Crippen LogP contribution in [-0.2, 0) is 4.79 Å². The van der Waals surface area contributed by atoms with E-state index in [9.17, 15) is 9.59 Å². The predicted molar refractivity (Wildman–Crippen MR) is 111 cm³/mol. The van der Waals surface area contributed by atoms with E-state index in [0.29, 0.717) is 30.1 Å². The molecule has 6 nitrogen and oxygen atoms in total. The summed E-state index contributed by atoms with van der Waals surface area (Å²) >= 11 is 0. The Kier molecular flexibility index (Phi) is 6.42. The lowest BCUT2D eigenvalue weighted by atomic mass is 9.89. The van der Waals surface area contributed by atoms with Gasteiger partial charge in [-0.3, -0.25) is 9.59 Å². The van der Waals surface area contributed by atoms with Gasteiger partial charge < -0.3 is 20.4 Å². The van der Waals surface area contributed by atoms with Crippen LogP contribution in [0.1, 0.15) is 48.2 Å². The molecule has 3 N–H and O–H groups in total. The van der Waals surface area contributed by atoms with Crippen LogP contribution < -0.4 is 16.0 Å². The summed E-state index contributed by atoms with van der Waals surface area (Å²) in [6.07, 6.45) is 6.72. The molecule has 2 aliphatic heterocycles. The van der Waals surface area contributed by atoms with Gasteiger partial charge in [0.1, 0.15) is 0 Å². The molecule has 28 heavy (non-hydrogen) atoms. The number of rotatable bonds is 5. The zero-order valence-electron chi connectivity index (χ0n) is 15.9. The van der Waals surface area contributed by atoms with E-state index in [1.54, 1.807) is 18.2 Å². The van der Waals surface area contributed by atoms with E-state index in [1.165, 1.54) is 19.1 Å². The quantitative estimate of drug-likeness (QED) is 0.701. The number of furan rings is 1. The first-order chi connectivity index (χ1) is 13.1. The molecule has 150 valence electrons. The molecule has 2 amide bonds. The van der Waals surface area contributed by atoms with Crippen molar-refractivity contribution in [3.8, 4) is 0 Å². The van der Waals surface area contributed by atoms with Gasteiger partial charge in [0.15, 0.2) is 5.76 Å². The second kappa shape index (κ2) is 8.80. The zero-order chi connectivity index (χ0) is 18.8. The second-order valence-corrected chi connectivity index (χ2v) is 7.69. The van der Waals surface area contributed by atoms with Crippen molar-refractivity contribution in [3.63, 3.8) is 0 Å². The van der Waals surface area contributed by atoms with Gasteiger partial charge in [-0.2, -0.15) is 0 Å². The molecule has 1 aromatic carbocycles. The number of aryl methyl sites for hydroxylation is 1. The van der Waals surface area contributed by atoms with Crippen molar-refractivity contribution < 1.29 is 14.0 Å². The first kappa shape index (κ1) is 20.4. The molecule has 0 saturated carbocycles. The summed E-state index contributed by atoms with van der Waals surface area (Å²) in [5.74, 6) is 0.507. The number of anilines is 2. The molecular formula is C21H26ClN3O3. The van der Waals surface area contributed by atoms with Gasteiger partial charge in [-0.05, 0) is 74.4 Å². The van der Waals surface area contributed by atoms with Crippen molar-refractivity contribution in [1.29, 1.82) is 0 Å². The Balaban J connectivity index is 0.00000225. The van der Waals surface area contributed by atoms with Gasteiger partial charge in [-0.1, -0.05) is 0 Å². The van der Waals surface area contributed by atoms with Crippen LogP contribution in [0.25, 0.3) is 0 Å². The molecule has 0 aliphatic carbocycles. The highest BCUT2D eigenvalue weighted by atomic mass is 35.5. The Morgan fingerprint density at radius 3 is 2.54 bits per heavy atom. The third-order valence-corrected chi connectivity index (χ3v) is 5.55. The van der Waals surface area contributed by atoms with Gasteiger partial charge in [0, 0.05) is 29.9 Å². The Labute approximate surface area is 170 Å². The number of halogens is 1. The smallest absolute Gasteiger partial charge is 0.291 e. The van der Waals surface area contributed by atoms with Crippen LogP contribution in [0.15, 0.2) is 41.0 Å². The van der Waals surface area contributed by atoms with E-state index < -0.39 is 0 Å². The van der Waals surface area contributed by atoms with Gasteiger partial charge in [-0.15, -0.1) is 12.4 Å². The topological polar surface area (TPSA) is 83.4 Å². The molecule has 3 heterocycles. The van der Waals surface area contributed by atoms with Crippen LogP contribution in [0.3, 0.4) is 0 Å². The number of carbonyl (C=O) groups is 2. The third-order valence-electron chi connectivity index (χ3n) is 5.55. The molecule has 2 fully saturated rings. The van der Waals surface area contributed by atoms with E-state index >= 15 is 0 Å². The van der Waals surface area contributed by atoms with Crippen molar-refractivity contribution in [3.05, 3.63) is 47.9 Å². The van der Waals surface area contributed by atoms with Crippen molar-refractivity contribution in [2.24, 2.45) is 5.92 Å². The van der Waals surface area contributed by atoms with Crippen LogP contribution in [0.2, 0.25) is 0 Å². The Hall–Kier alpha value is -2.31. The predicted octanol–water partition coefficient (Wildman–Crippen LogP) is 4.12. The average Bonchev–Trinajstić information content (AvgIpc) is 3.27. The molecule has 0 radical (unpaired) electrons. The van der Waals surface area contributed by atoms with Crippen molar-refractivity contribution in [2.45, 2.75) is 51.1 Å². The van der Waals surface area contributed by atoms with E-state index in [4.69, 9.17) is 4.42 Å². The zero-order valence-corrected chi connectivity index (χ0v) is 16.7. The molecule has 0 spiro atoms. The number of hydrogen-bond donors (Lipinski definition) is 3. The van der Waals surface area contributed by atoms with Crippen molar-refractivity contribution >= 4 is 35.6 Å². The summed E-state index contributed by atoms with van der Waals surface area (Å²) in [6.45, 7) is 1.90. The highest BCUT2D eigenvalue weighted by molar-refractivity contribution is 6.03. The van der Waals surface area contributed by atoms with Crippen LogP contribution in [0, 0.1) is 12.8 Å². The summed E-state index contributed by atoms with van der Waals surface area (Å²) < 4.78 is 5.10. The highest BCUT2D eigenvalue weighted by Crippen LogP contribution is 2.33. The number of amides is 2. The maximum atomic E-state index is 12.4. The van der Waals surface area contributed by atoms with Gasteiger partial charge >= 0.3 is 0 Å². The van der Waals surface area contributed by atoms with E-state index in [0.717, 1.165) is 24.1 Å². The first-order valence-corrected chi connectivity index (χ1v) is 9.58. The van der Waals surface area contributed by atoms with Crippen LogP contribution >= 0.6 is 12.4 Å². The molecular weight excluding hydrogens is 378 g/mol. The fraction of sp³-hybridized carbons (Fsp3) is 0.429. The van der Waals surface area contributed by atoms with Gasteiger partial charge in [-0.25, -0.2) is 0 Å². The average molecular weight is 404 g/mol. The second-order valence-electron chi connectivity index (χ2n) is 7.69. The molecule has 2 bridgehead atoms. The van der Waals surface area contributed by atoms with Crippen LogP contribution in [0.4, 0.5) is 11.4 Å². The number of nitrogens with one attached hydrogen (secondary N) is 3.